The summed E-state index contributed by atoms with van der Waals surface area (Å²) in [4.78, 5) is 10.6. The van der Waals surface area contributed by atoms with Gasteiger partial charge in [-0.25, -0.2) is 4.79 Å². The van der Waals surface area contributed by atoms with Crippen LogP contribution in [0.4, 0.5) is 0 Å². The topological polar surface area (TPSA) is 46.5 Å². The van der Waals surface area contributed by atoms with Gasteiger partial charge in [0.25, 0.3) is 0 Å². The highest BCUT2D eigenvalue weighted by Gasteiger charge is 2.16. The second-order valence-corrected chi connectivity index (χ2v) is 3.96. The summed E-state index contributed by atoms with van der Waals surface area (Å²) in [6.07, 6.45) is 0.461. The van der Waals surface area contributed by atoms with Crippen LogP contribution in [0.25, 0.3) is 0 Å². The average molecular weight is 188 g/mol. The molecule has 0 aromatic rings. The third-order valence-corrected chi connectivity index (χ3v) is 1.34. The van der Waals surface area contributed by atoms with Crippen LogP contribution >= 0.6 is 0 Å². The predicted octanol–water partition coefficient (Wildman–Crippen LogP) is -0.217. The highest BCUT2D eigenvalue weighted by atomic mass is 16.5. The number of quaternary nitrogens is 1. The third-order valence-electron chi connectivity index (χ3n) is 1.34. The maximum Gasteiger partial charge on any atom is 0.330 e. The van der Waals surface area contributed by atoms with E-state index in [0.29, 0.717) is 11.0 Å². The maximum atomic E-state index is 10.6. The molecule has 4 nitrogen and oxygen atoms in total. The zero-order chi connectivity index (χ0) is 10.5. The monoisotopic (exact) mass is 188 g/mol. The minimum atomic E-state index is -0.621. The predicted molar refractivity (Wildman–Crippen MR) is 50.1 cm³/mol. The Labute approximate surface area is 79.0 Å². The molecule has 0 aromatic heterocycles. The molecule has 1 unspecified atom stereocenters. The molecule has 1 N–H and O–H groups in total. The van der Waals surface area contributed by atoms with Crippen molar-refractivity contribution < 1.29 is 19.1 Å². The Hall–Kier alpha value is -0.870. The van der Waals surface area contributed by atoms with Crippen LogP contribution in [0.2, 0.25) is 0 Å². The number of rotatable bonds is 5. The first-order valence-corrected chi connectivity index (χ1v) is 4.13. The van der Waals surface area contributed by atoms with E-state index in [4.69, 9.17) is 0 Å². The van der Waals surface area contributed by atoms with Gasteiger partial charge in [-0.1, -0.05) is 6.58 Å². The molecular weight excluding hydrogens is 170 g/mol. The Balaban J connectivity index is 3.69. The molecule has 0 aliphatic heterocycles. The SMILES string of the molecule is C=CC(=O)OCC(O)C[N+](C)(C)C. The number of esters is 1. The van der Waals surface area contributed by atoms with Gasteiger partial charge in [-0.15, -0.1) is 0 Å². The largest absolute Gasteiger partial charge is 0.460 e. The Bertz CT molecular complexity index is 184. The fourth-order valence-corrected chi connectivity index (χ4v) is 0.922. The van der Waals surface area contributed by atoms with Crippen molar-refractivity contribution in [3.05, 3.63) is 12.7 Å². The Morgan fingerprint density at radius 2 is 2.15 bits per heavy atom. The molecule has 0 heterocycles. The van der Waals surface area contributed by atoms with Gasteiger partial charge < -0.3 is 14.3 Å². The first-order chi connectivity index (χ1) is 5.85. The molecule has 0 aliphatic rings. The molecular formula is C9H18NO3+. The number of nitrogens with zero attached hydrogens (tertiary/aromatic N) is 1. The van der Waals surface area contributed by atoms with E-state index in [1.165, 1.54) is 0 Å². The van der Waals surface area contributed by atoms with Gasteiger partial charge in [0.15, 0.2) is 0 Å². The number of aliphatic hydroxyl groups excluding tert-OH is 1. The van der Waals surface area contributed by atoms with Crippen molar-refractivity contribution in [3.8, 4) is 0 Å². The summed E-state index contributed by atoms with van der Waals surface area (Å²) in [5, 5.41) is 9.40. The zero-order valence-electron chi connectivity index (χ0n) is 8.49. The third kappa shape index (κ3) is 7.49. The van der Waals surface area contributed by atoms with Gasteiger partial charge >= 0.3 is 5.97 Å². The Morgan fingerprint density at radius 1 is 1.62 bits per heavy atom. The molecule has 0 rings (SSSR count). The molecule has 1 atom stereocenters. The molecule has 0 bridgehead atoms. The molecule has 0 aromatic carbocycles. The summed E-state index contributed by atoms with van der Waals surface area (Å²) < 4.78 is 5.31. The van der Waals surface area contributed by atoms with E-state index in [2.05, 4.69) is 11.3 Å². The van der Waals surface area contributed by atoms with Crippen LogP contribution in [-0.4, -0.2) is 56.0 Å². The number of ether oxygens (including phenoxy) is 1. The van der Waals surface area contributed by atoms with Crippen LogP contribution in [0.5, 0.6) is 0 Å². The number of aliphatic hydroxyl groups is 1. The molecule has 0 spiro atoms. The van der Waals surface area contributed by atoms with Crippen molar-refractivity contribution in [3.63, 3.8) is 0 Å². The van der Waals surface area contributed by atoms with Crippen LogP contribution < -0.4 is 0 Å². The lowest BCUT2D eigenvalue weighted by Crippen LogP contribution is -2.43. The summed E-state index contributed by atoms with van der Waals surface area (Å²) in [6.45, 7) is 3.83. The van der Waals surface area contributed by atoms with E-state index < -0.39 is 12.1 Å². The molecule has 0 fully saturated rings. The number of carbonyl (C=O) groups is 1. The number of carbonyl (C=O) groups excluding carboxylic acids is 1. The van der Waals surface area contributed by atoms with E-state index in [9.17, 15) is 9.90 Å². The molecule has 0 radical (unpaired) electrons. The standard InChI is InChI=1S/C9H18NO3/c1-5-9(12)13-7-8(11)6-10(2,3)4/h5,8,11H,1,6-7H2,2-4H3/q+1. The van der Waals surface area contributed by atoms with Gasteiger partial charge in [-0.3, -0.25) is 0 Å². The Morgan fingerprint density at radius 3 is 2.54 bits per heavy atom. The smallest absolute Gasteiger partial charge is 0.330 e. The van der Waals surface area contributed by atoms with Crippen molar-refractivity contribution in [1.29, 1.82) is 0 Å². The lowest BCUT2D eigenvalue weighted by molar-refractivity contribution is -0.873. The van der Waals surface area contributed by atoms with E-state index in [0.717, 1.165) is 6.08 Å². The van der Waals surface area contributed by atoms with E-state index in [1.54, 1.807) is 0 Å². The molecule has 4 heteroatoms. The summed E-state index contributed by atoms with van der Waals surface area (Å²) in [6, 6.07) is 0. The molecule has 0 saturated carbocycles. The first-order valence-electron chi connectivity index (χ1n) is 4.13. The van der Waals surface area contributed by atoms with Crippen molar-refractivity contribution in [2.75, 3.05) is 34.3 Å². The van der Waals surface area contributed by atoms with Crippen molar-refractivity contribution in [1.82, 2.24) is 0 Å². The lowest BCUT2D eigenvalue weighted by atomic mass is 10.3. The molecule has 0 aliphatic carbocycles. The van der Waals surface area contributed by atoms with Crippen LogP contribution in [-0.2, 0) is 9.53 Å². The van der Waals surface area contributed by atoms with Crippen LogP contribution in [0.3, 0.4) is 0 Å². The first kappa shape index (κ1) is 12.1. The quantitative estimate of drug-likeness (QED) is 0.369. The summed E-state index contributed by atoms with van der Waals surface area (Å²) in [5.74, 6) is -0.500. The molecule has 76 valence electrons. The van der Waals surface area contributed by atoms with Crippen molar-refractivity contribution in [2.45, 2.75) is 6.10 Å². The van der Waals surface area contributed by atoms with E-state index in [1.807, 2.05) is 21.1 Å². The summed E-state index contributed by atoms with van der Waals surface area (Å²) >= 11 is 0. The normalized spacial score (nSPS) is 13.5. The van der Waals surface area contributed by atoms with Gasteiger partial charge in [-0.2, -0.15) is 0 Å². The Kier molecular flexibility index (Phi) is 4.66. The highest BCUT2D eigenvalue weighted by molar-refractivity contribution is 5.81. The second-order valence-electron chi connectivity index (χ2n) is 3.96. The van der Waals surface area contributed by atoms with E-state index >= 15 is 0 Å². The second kappa shape index (κ2) is 4.99. The van der Waals surface area contributed by atoms with Gasteiger partial charge in [0, 0.05) is 6.08 Å². The fraction of sp³-hybridized carbons (Fsp3) is 0.667. The highest BCUT2D eigenvalue weighted by Crippen LogP contribution is 1.95. The zero-order valence-corrected chi connectivity index (χ0v) is 8.49. The van der Waals surface area contributed by atoms with Gasteiger partial charge in [-0.05, 0) is 0 Å². The lowest BCUT2D eigenvalue weighted by Gasteiger charge is -2.26. The minimum Gasteiger partial charge on any atom is -0.460 e. The van der Waals surface area contributed by atoms with Crippen LogP contribution in [0, 0.1) is 0 Å². The summed E-state index contributed by atoms with van der Waals surface area (Å²) in [7, 11) is 5.87. The maximum absolute atomic E-state index is 10.6. The minimum absolute atomic E-state index is 0.0281. The van der Waals surface area contributed by atoms with Gasteiger partial charge in [0.05, 0.1) is 21.1 Å². The fourth-order valence-electron chi connectivity index (χ4n) is 0.922. The number of hydrogen-bond donors (Lipinski definition) is 1. The van der Waals surface area contributed by atoms with E-state index in [-0.39, 0.29) is 6.61 Å². The molecule has 0 saturated heterocycles. The average Bonchev–Trinajstić information content (AvgIpc) is 1.97. The van der Waals surface area contributed by atoms with Crippen LogP contribution in [0.15, 0.2) is 12.7 Å². The van der Waals surface area contributed by atoms with Gasteiger partial charge in [0.2, 0.25) is 0 Å². The number of likely N-dealkylation sites (N-methyl/N-ethyl adjacent to an activating group) is 1. The molecule has 0 amide bonds. The molecule has 13 heavy (non-hydrogen) atoms. The van der Waals surface area contributed by atoms with Crippen molar-refractivity contribution in [2.24, 2.45) is 0 Å². The number of hydrogen-bond acceptors (Lipinski definition) is 3. The van der Waals surface area contributed by atoms with Gasteiger partial charge in [0.1, 0.15) is 19.3 Å². The summed E-state index contributed by atoms with van der Waals surface area (Å²) in [5.41, 5.74) is 0. The van der Waals surface area contributed by atoms with Crippen molar-refractivity contribution >= 4 is 5.97 Å². The van der Waals surface area contributed by atoms with Crippen LogP contribution in [0.1, 0.15) is 0 Å².